The van der Waals surface area contributed by atoms with E-state index in [2.05, 4.69) is 48.8 Å². The molecule has 0 radical (unpaired) electrons. The first kappa shape index (κ1) is 11.5. The Bertz CT molecular complexity index is 526. The summed E-state index contributed by atoms with van der Waals surface area (Å²) in [4.78, 5) is 0. The van der Waals surface area contributed by atoms with E-state index in [1.165, 1.54) is 29.8 Å². The van der Waals surface area contributed by atoms with Crippen molar-refractivity contribution in [2.45, 2.75) is 32.2 Å². The summed E-state index contributed by atoms with van der Waals surface area (Å²) in [5, 5.41) is 8.08. The normalized spacial score (nSPS) is 14.9. The van der Waals surface area contributed by atoms with E-state index in [9.17, 15) is 0 Å². The zero-order valence-corrected chi connectivity index (χ0v) is 10.8. The Morgan fingerprint density at radius 2 is 2.11 bits per heavy atom. The molecule has 1 aliphatic rings. The van der Waals surface area contributed by atoms with Gasteiger partial charge in [0.05, 0.1) is 11.4 Å². The fourth-order valence-electron chi connectivity index (χ4n) is 2.21. The highest BCUT2D eigenvalue weighted by Crippen LogP contribution is 2.39. The zero-order valence-electron chi connectivity index (χ0n) is 10.8. The number of hydrogen-bond donors (Lipinski definition) is 1. The number of hydrogen-bond acceptors (Lipinski definition) is 2. The van der Waals surface area contributed by atoms with Gasteiger partial charge in [-0.3, -0.25) is 0 Å². The maximum absolute atomic E-state index is 4.70. The van der Waals surface area contributed by atoms with Gasteiger partial charge in [0.2, 0.25) is 0 Å². The van der Waals surface area contributed by atoms with Gasteiger partial charge in [-0.15, -0.1) is 0 Å². The third-order valence-corrected chi connectivity index (χ3v) is 3.41. The van der Waals surface area contributed by atoms with Crippen LogP contribution >= 0.6 is 0 Å². The highest BCUT2D eigenvalue weighted by Gasteiger charge is 2.25. The van der Waals surface area contributed by atoms with Crippen LogP contribution < -0.4 is 5.32 Å². The van der Waals surface area contributed by atoms with Gasteiger partial charge in [0.15, 0.2) is 0 Å². The van der Waals surface area contributed by atoms with E-state index < -0.39 is 0 Å². The van der Waals surface area contributed by atoms with Gasteiger partial charge in [-0.05, 0) is 37.1 Å². The molecule has 94 valence electrons. The summed E-state index contributed by atoms with van der Waals surface area (Å²) < 4.78 is 2.01. The van der Waals surface area contributed by atoms with E-state index >= 15 is 0 Å². The van der Waals surface area contributed by atoms with Gasteiger partial charge in [-0.1, -0.05) is 25.1 Å². The molecule has 18 heavy (non-hydrogen) atoms. The monoisotopic (exact) mass is 241 g/mol. The van der Waals surface area contributed by atoms with Gasteiger partial charge in [0.1, 0.15) is 0 Å². The molecule has 0 saturated heterocycles. The van der Waals surface area contributed by atoms with Crippen molar-refractivity contribution < 1.29 is 0 Å². The second kappa shape index (κ2) is 4.94. The molecule has 0 unspecified atom stereocenters. The van der Waals surface area contributed by atoms with Crippen LogP contribution in [0.25, 0.3) is 5.69 Å². The first-order chi connectivity index (χ1) is 8.88. The molecule has 3 heteroatoms. The predicted molar refractivity (Wildman–Crippen MR) is 72.9 cm³/mol. The van der Waals surface area contributed by atoms with Crippen LogP contribution in [0, 0.1) is 0 Å². The molecule has 3 nitrogen and oxygen atoms in total. The van der Waals surface area contributed by atoms with Gasteiger partial charge in [-0.2, -0.15) is 5.10 Å². The predicted octanol–water partition coefficient (Wildman–Crippen LogP) is 2.86. The van der Waals surface area contributed by atoms with Crippen molar-refractivity contribution in [3.05, 3.63) is 47.8 Å². The van der Waals surface area contributed by atoms with Crippen LogP contribution in [0.4, 0.5) is 0 Å². The van der Waals surface area contributed by atoms with E-state index in [4.69, 9.17) is 5.10 Å². The van der Waals surface area contributed by atoms with Crippen molar-refractivity contribution in [1.29, 1.82) is 0 Å². The molecule has 2 aromatic rings. The van der Waals surface area contributed by atoms with E-state index in [-0.39, 0.29) is 0 Å². The molecule has 0 amide bonds. The van der Waals surface area contributed by atoms with E-state index in [1.807, 2.05) is 4.68 Å². The number of nitrogens with one attached hydrogen (secondary N) is 1. The van der Waals surface area contributed by atoms with Crippen LogP contribution in [-0.2, 0) is 6.54 Å². The molecule has 0 bridgehead atoms. The number of rotatable bonds is 5. The zero-order chi connectivity index (χ0) is 12.4. The fourth-order valence-corrected chi connectivity index (χ4v) is 2.21. The molecule has 1 aliphatic carbocycles. The first-order valence-corrected chi connectivity index (χ1v) is 6.73. The van der Waals surface area contributed by atoms with Crippen molar-refractivity contribution >= 4 is 0 Å². The summed E-state index contributed by atoms with van der Waals surface area (Å²) in [7, 11) is 0. The largest absolute Gasteiger partial charge is 0.313 e. The molecular formula is C15H19N3. The van der Waals surface area contributed by atoms with Crippen LogP contribution in [0.5, 0.6) is 0 Å². The number of para-hydroxylation sites is 1. The summed E-state index contributed by atoms with van der Waals surface area (Å²) in [6, 6.07) is 10.6. The van der Waals surface area contributed by atoms with Gasteiger partial charge in [0, 0.05) is 18.7 Å². The fraction of sp³-hybridized carbons (Fsp3) is 0.400. The van der Waals surface area contributed by atoms with E-state index in [0.29, 0.717) is 5.92 Å². The van der Waals surface area contributed by atoms with Crippen LogP contribution in [0.3, 0.4) is 0 Å². The highest BCUT2D eigenvalue weighted by atomic mass is 15.3. The smallest absolute Gasteiger partial charge is 0.0690 e. The van der Waals surface area contributed by atoms with Crippen molar-refractivity contribution in [2.24, 2.45) is 0 Å². The molecular weight excluding hydrogens is 222 g/mol. The second-order valence-electron chi connectivity index (χ2n) is 4.87. The lowest BCUT2D eigenvalue weighted by atomic mass is 10.2. The average molecular weight is 241 g/mol. The van der Waals surface area contributed by atoms with Gasteiger partial charge < -0.3 is 5.32 Å². The minimum Gasteiger partial charge on any atom is -0.313 e. The number of benzene rings is 1. The highest BCUT2D eigenvalue weighted by molar-refractivity contribution is 5.40. The lowest BCUT2D eigenvalue weighted by Crippen LogP contribution is -2.14. The summed E-state index contributed by atoms with van der Waals surface area (Å²) in [5.74, 6) is 0.715. The van der Waals surface area contributed by atoms with Crippen molar-refractivity contribution in [1.82, 2.24) is 15.1 Å². The van der Waals surface area contributed by atoms with Crippen molar-refractivity contribution in [2.75, 3.05) is 6.54 Å². The minimum absolute atomic E-state index is 0.715. The summed E-state index contributed by atoms with van der Waals surface area (Å²) in [6.07, 6.45) is 4.69. The minimum atomic E-state index is 0.715. The Hall–Kier alpha value is -1.61. The second-order valence-corrected chi connectivity index (χ2v) is 4.87. The molecule has 0 aliphatic heterocycles. The molecule has 0 atom stereocenters. The van der Waals surface area contributed by atoms with Gasteiger partial charge in [0.25, 0.3) is 0 Å². The Balaban J connectivity index is 1.88. The molecule has 0 spiro atoms. The lowest BCUT2D eigenvalue weighted by Gasteiger charge is -2.09. The van der Waals surface area contributed by atoms with Crippen LogP contribution in [-0.4, -0.2) is 16.3 Å². The molecule has 3 rings (SSSR count). The van der Waals surface area contributed by atoms with E-state index in [0.717, 1.165) is 13.1 Å². The number of nitrogens with zero attached hydrogens (tertiary/aromatic N) is 2. The molecule has 1 aromatic carbocycles. The summed E-state index contributed by atoms with van der Waals surface area (Å²) in [6.45, 7) is 4.01. The standard InChI is InChI=1S/C15H19N3/c1-2-16-11-13-5-3-4-6-15(13)18-10-9-14(17-18)12-7-8-12/h3-6,9-10,12,16H,2,7-8,11H2,1H3. The maximum Gasteiger partial charge on any atom is 0.0690 e. The maximum atomic E-state index is 4.70. The third kappa shape index (κ3) is 2.31. The SMILES string of the molecule is CCNCc1ccccc1-n1ccc(C2CC2)n1. The average Bonchev–Trinajstić information content (AvgIpc) is 3.15. The third-order valence-electron chi connectivity index (χ3n) is 3.41. The first-order valence-electron chi connectivity index (χ1n) is 6.73. The summed E-state index contributed by atoms with van der Waals surface area (Å²) >= 11 is 0. The topological polar surface area (TPSA) is 29.9 Å². The molecule has 1 N–H and O–H groups in total. The molecule has 1 heterocycles. The Morgan fingerprint density at radius 3 is 2.89 bits per heavy atom. The van der Waals surface area contributed by atoms with Crippen molar-refractivity contribution in [3.63, 3.8) is 0 Å². The Morgan fingerprint density at radius 1 is 1.28 bits per heavy atom. The number of aromatic nitrogens is 2. The molecule has 1 aromatic heterocycles. The molecule has 1 saturated carbocycles. The van der Waals surface area contributed by atoms with Crippen molar-refractivity contribution in [3.8, 4) is 5.69 Å². The Kier molecular flexibility index (Phi) is 3.15. The molecule has 1 fully saturated rings. The van der Waals surface area contributed by atoms with Crippen LogP contribution in [0.1, 0.15) is 36.9 Å². The van der Waals surface area contributed by atoms with Crippen LogP contribution in [0.2, 0.25) is 0 Å². The van der Waals surface area contributed by atoms with Crippen LogP contribution in [0.15, 0.2) is 36.5 Å². The Labute approximate surface area is 108 Å². The van der Waals surface area contributed by atoms with Gasteiger partial charge in [-0.25, -0.2) is 4.68 Å². The van der Waals surface area contributed by atoms with E-state index in [1.54, 1.807) is 0 Å². The van der Waals surface area contributed by atoms with Gasteiger partial charge >= 0.3 is 0 Å². The summed E-state index contributed by atoms with van der Waals surface area (Å²) in [5.41, 5.74) is 3.73. The lowest BCUT2D eigenvalue weighted by molar-refractivity contribution is 0.715. The quantitative estimate of drug-likeness (QED) is 0.872.